The van der Waals surface area contributed by atoms with Gasteiger partial charge >= 0.3 is 0 Å². The standard InChI is InChI=1S/C14H27NOSi/c1-13(2,3)10-9-12(11-15)16-17(7,8)14(4,5)6/h9-10,12H,1-8H3/b10-9+. The number of hydrogen-bond acceptors (Lipinski definition) is 2. The summed E-state index contributed by atoms with van der Waals surface area (Å²) in [5, 5.41) is 9.28. The number of nitriles is 1. The molecule has 1 atom stereocenters. The summed E-state index contributed by atoms with van der Waals surface area (Å²) < 4.78 is 6.04. The van der Waals surface area contributed by atoms with E-state index in [-0.39, 0.29) is 10.5 Å². The fourth-order valence-corrected chi connectivity index (χ4v) is 2.10. The molecule has 0 heterocycles. The Morgan fingerprint density at radius 3 is 1.88 bits per heavy atom. The predicted molar refractivity (Wildman–Crippen MR) is 76.3 cm³/mol. The van der Waals surface area contributed by atoms with Crippen LogP contribution in [0.5, 0.6) is 0 Å². The minimum Gasteiger partial charge on any atom is -0.398 e. The van der Waals surface area contributed by atoms with E-state index in [1.54, 1.807) is 0 Å². The Kier molecular flexibility index (Phi) is 5.18. The Bertz CT molecular complexity index is 313. The summed E-state index contributed by atoms with van der Waals surface area (Å²) >= 11 is 0. The summed E-state index contributed by atoms with van der Waals surface area (Å²) in [6.45, 7) is 17.2. The lowest BCUT2D eigenvalue weighted by Crippen LogP contribution is -2.43. The van der Waals surface area contributed by atoms with Crippen LogP contribution in [0.2, 0.25) is 18.1 Å². The lowest BCUT2D eigenvalue weighted by Gasteiger charge is -2.37. The molecule has 0 aromatic heterocycles. The van der Waals surface area contributed by atoms with E-state index in [4.69, 9.17) is 9.69 Å². The summed E-state index contributed by atoms with van der Waals surface area (Å²) in [5.74, 6) is 0. The monoisotopic (exact) mass is 253 g/mol. The van der Waals surface area contributed by atoms with Gasteiger partial charge in [0, 0.05) is 0 Å². The summed E-state index contributed by atoms with van der Waals surface area (Å²) in [6.07, 6.45) is 3.52. The minimum atomic E-state index is -1.86. The Balaban J connectivity index is 4.76. The van der Waals surface area contributed by atoms with Crippen LogP contribution in [0.4, 0.5) is 0 Å². The first-order valence-corrected chi connectivity index (χ1v) is 9.07. The fourth-order valence-electron chi connectivity index (χ4n) is 0.979. The zero-order chi connectivity index (χ0) is 13.9. The van der Waals surface area contributed by atoms with E-state index in [9.17, 15) is 0 Å². The van der Waals surface area contributed by atoms with Crippen LogP contribution < -0.4 is 0 Å². The van der Waals surface area contributed by atoms with Gasteiger partial charge in [-0.1, -0.05) is 47.6 Å². The zero-order valence-electron chi connectivity index (χ0n) is 12.6. The van der Waals surface area contributed by atoms with Gasteiger partial charge < -0.3 is 4.43 Å². The van der Waals surface area contributed by atoms with Gasteiger partial charge in [-0.15, -0.1) is 0 Å². The van der Waals surface area contributed by atoms with Crippen LogP contribution in [0, 0.1) is 16.7 Å². The van der Waals surface area contributed by atoms with Crippen LogP contribution in [-0.4, -0.2) is 14.4 Å². The maximum atomic E-state index is 9.15. The van der Waals surface area contributed by atoms with Gasteiger partial charge in [0.05, 0.1) is 6.07 Å². The Labute approximate surface area is 108 Å². The van der Waals surface area contributed by atoms with Gasteiger partial charge in [-0.25, -0.2) is 0 Å². The Morgan fingerprint density at radius 1 is 1.12 bits per heavy atom. The van der Waals surface area contributed by atoms with E-state index in [1.807, 2.05) is 12.2 Å². The van der Waals surface area contributed by atoms with Gasteiger partial charge in [0.2, 0.25) is 0 Å². The van der Waals surface area contributed by atoms with E-state index >= 15 is 0 Å². The number of hydrogen-bond donors (Lipinski definition) is 0. The molecule has 2 nitrogen and oxygen atoms in total. The van der Waals surface area contributed by atoms with Crippen molar-refractivity contribution in [2.24, 2.45) is 5.41 Å². The normalized spacial score (nSPS) is 15.9. The van der Waals surface area contributed by atoms with E-state index in [1.165, 1.54) is 0 Å². The van der Waals surface area contributed by atoms with E-state index in [0.717, 1.165) is 0 Å². The Hall–Kier alpha value is -0.593. The molecular weight excluding hydrogens is 226 g/mol. The average Bonchev–Trinajstić information content (AvgIpc) is 2.08. The van der Waals surface area contributed by atoms with Crippen LogP contribution in [0.3, 0.4) is 0 Å². The maximum Gasteiger partial charge on any atom is 0.194 e. The number of allylic oxidation sites excluding steroid dienone is 1. The van der Waals surface area contributed by atoms with Crippen molar-refractivity contribution < 1.29 is 4.43 Å². The number of rotatable bonds is 3. The minimum absolute atomic E-state index is 0.0892. The fraction of sp³-hybridized carbons (Fsp3) is 0.786. The first kappa shape index (κ1) is 16.4. The maximum absolute atomic E-state index is 9.15. The number of nitrogens with zero attached hydrogens (tertiary/aromatic N) is 1. The van der Waals surface area contributed by atoms with Gasteiger partial charge in [-0.05, 0) is 29.6 Å². The first-order valence-electron chi connectivity index (χ1n) is 6.16. The van der Waals surface area contributed by atoms with Crippen molar-refractivity contribution in [3.05, 3.63) is 12.2 Å². The van der Waals surface area contributed by atoms with Gasteiger partial charge in [0.15, 0.2) is 14.4 Å². The second-order valence-electron chi connectivity index (χ2n) is 7.15. The predicted octanol–water partition coefficient (Wildman–Crippen LogP) is 4.50. The first-order chi connectivity index (χ1) is 7.39. The van der Waals surface area contributed by atoms with E-state index in [2.05, 4.69) is 60.7 Å². The zero-order valence-corrected chi connectivity index (χ0v) is 13.6. The molecule has 0 amide bonds. The molecule has 0 saturated carbocycles. The van der Waals surface area contributed by atoms with E-state index < -0.39 is 14.4 Å². The van der Waals surface area contributed by atoms with Crippen molar-refractivity contribution in [3.8, 4) is 6.07 Å². The molecule has 17 heavy (non-hydrogen) atoms. The molecule has 0 aromatic carbocycles. The highest BCUT2D eigenvalue weighted by atomic mass is 28.4. The average molecular weight is 253 g/mol. The van der Waals surface area contributed by atoms with Crippen molar-refractivity contribution in [3.63, 3.8) is 0 Å². The molecule has 0 aliphatic rings. The summed E-state index contributed by atoms with van der Waals surface area (Å²) in [6, 6.07) is 2.23. The lowest BCUT2D eigenvalue weighted by atomic mass is 9.96. The smallest absolute Gasteiger partial charge is 0.194 e. The van der Waals surface area contributed by atoms with Gasteiger partial charge in [0.1, 0.15) is 0 Å². The third kappa shape index (κ3) is 6.04. The molecule has 0 bridgehead atoms. The highest BCUT2D eigenvalue weighted by molar-refractivity contribution is 6.74. The molecule has 98 valence electrons. The molecule has 3 heteroatoms. The molecule has 0 aromatic rings. The van der Waals surface area contributed by atoms with Crippen LogP contribution in [-0.2, 0) is 4.43 Å². The second kappa shape index (κ2) is 5.37. The van der Waals surface area contributed by atoms with Crippen molar-refractivity contribution in [2.75, 3.05) is 0 Å². The van der Waals surface area contributed by atoms with Gasteiger partial charge in [-0.2, -0.15) is 5.26 Å². The highest BCUT2D eigenvalue weighted by Gasteiger charge is 2.38. The van der Waals surface area contributed by atoms with Crippen molar-refractivity contribution in [1.29, 1.82) is 5.26 Å². The van der Waals surface area contributed by atoms with Crippen molar-refractivity contribution >= 4 is 8.32 Å². The second-order valence-corrected chi connectivity index (χ2v) is 11.9. The molecule has 0 radical (unpaired) electrons. The quantitative estimate of drug-likeness (QED) is 0.548. The summed E-state index contributed by atoms with van der Waals surface area (Å²) in [5.41, 5.74) is 0.0892. The van der Waals surface area contributed by atoms with E-state index in [0.29, 0.717) is 0 Å². The van der Waals surface area contributed by atoms with Crippen LogP contribution in [0.25, 0.3) is 0 Å². The SMILES string of the molecule is CC(C)(C)/C=C/C(C#N)O[Si](C)(C)C(C)(C)C. The van der Waals surface area contributed by atoms with Crippen LogP contribution in [0.15, 0.2) is 12.2 Å². The molecule has 1 unspecified atom stereocenters. The highest BCUT2D eigenvalue weighted by Crippen LogP contribution is 2.37. The third-order valence-electron chi connectivity index (χ3n) is 3.13. The van der Waals surface area contributed by atoms with Crippen LogP contribution >= 0.6 is 0 Å². The van der Waals surface area contributed by atoms with Crippen LogP contribution in [0.1, 0.15) is 41.5 Å². The molecule has 0 aliphatic carbocycles. The molecule has 0 N–H and O–H groups in total. The Morgan fingerprint density at radius 2 is 1.59 bits per heavy atom. The summed E-state index contributed by atoms with van der Waals surface area (Å²) in [7, 11) is -1.86. The largest absolute Gasteiger partial charge is 0.398 e. The molecule has 0 spiro atoms. The third-order valence-corrected chi connectivity index (χ3v) is 7.58. The molecule has 0 saturated heterocycles. The topological polar surface area (TPSA) is 33.0 Å². The van der Waals surface area contributed by atoms with Crippen molar-refractivity contribution in [1.82, 2.24) is 0 Å². The molecular formula is C14H27NOSi. The lowest BCUT2D eigenvalue weighted by molar-refractivity contribution is 0.272. The van der Waals surface area contributed by atoms with Gasteiger partial charge in [0.25, 0.3) is 0 Å². The summed E-state index contributed by atoms with van der Waals surface area (Å²) in [4.78, 5) is 0. The van der Waals surface area contributed by atoms with Gasteiger partial charge in [-0.3, -0.25) is 0 Å². The van der Waals surface area contributed by atoms with Crippen molar-refractivity contribution in [2.45, 2.75) is 65.8 Å². The molecule has 0 fully saturated rings. The molecule has 0 rings (SSSR count). The molecule has 0 aliphatic heterocycles.